The number of hydrogen-bond acceptors (Lipinski definition) is 10. The maximum Gasteiger partial charge on any atom is 0.407 e. The summed E-state index contributed by atoms with van der Waals surface area (Å²) in [5.74, 6) is 0.310. The number of allylic oxidation sites excluding steroid dienone is 2. The minimum Gasteiger partial charge on any atom is -0.508 e. The zero-order valence-electron chi connectivity index (χ0n) is 32.6. The Morgan fingerprint density at radius 1 is 1.06 bits per heavy atom. The third-order valence-electron chi connectivity index (χ3n) is 10.4. The van der Waals surface area contributed by atoms with Crippen LogP contribution < -0.4 is 10.6 Å². The Hall–Kier alpha value is -3.69. The molecule has 1 aliphatic carbocycles. The Morgan fingerprint density at radius 2 is 1.73 bits per heavy atom. The lowest BCUT2D eigenvalue weighted by Crippen LogP contribution is -2.56. The molecule has 3 aliphatic heterocycles. The molecule has 284 valence electrons. The number of carbonyl (C=O) groups is 4. The SMILES string of the molecule is CCC1(OC(=O)CCCNC(=O)OC(C)(C)C)C2=C(COC1CC(=O)[Si](C)(C)C)C(CC(=O)[Si](C)(C)C)C1=C(C2)NC2=Cc3cc(O)ccc3CN21. The Morgan fingerprint density at radius 3 is 2.37 bits per heavy atom. The van der Waals surface area contributed by atoms with Crippen molar-refractivity contribution in [3.05, 3.63) is 57.7 Å². The van der Waals surface area contributed by atoms with Crippen LogP contribution in [0.1, 0.15) is 77.3 Å². The van der Waals surface area contributed by atoms with E-state index in [-0.39, 0.29) is 48.5 Å². The average Bonchev–Trinajstić information content (AvgIpc) is 3.38. The molecule has 0 bridgehead atoms. The molecule has 3 atom stereocenters. The van der Waals surface area contributed by atoms with E-state index in [4.69, 9.17) is 14.2 Å². The topological polar surface area (TPSA) is 144 Å². The fraction of sp³-hybridized carbons (Fsp3) is 0.590. The summed E-state index contributed by atoms with van der Waals surface area (Å²) in [5, 5.41) is 16.9. The molecule has 0 radical (unpaired) electrons. The van der Waals surface area contributed by atoms with Gasteiger partial charge in [0.05, 0.1) is 6.61 Å². The summed E-state index contributed by atoms with van der Waals surface area (Å²) in [7, 11) is -4.40. The van der Waals surface area contributed by atoms with E-state index in [1.54, 1.807) is 32.9 Å². The van der Waals surface area contributed by atoms with Gasteiger partial charge in [-0.25, -0.2) is 4.79 Å². The van der Waals surface area contributed by atoms with E-state index in [0.717, 1.165) is 39.5 Å². The van der Waals surface area contributed by atoms with Crippen molar-refractivity contribution in [1.29, 1.82) is 0 Å². The van der Waals surface area contributed by atoms with Crippen LogP contribution in [-0.4, -0.2) is 79.5 Å². The molecule has 0 fully saturated rings. The molecule has 0 saturated carbocycles. The molecule has 0 aromatic heterocycles. The molecule has 1 aromatic carbocycles. The molecule has 4 aliphatic rings. The third-order valence-corrected chi connectivity index (χ3v) is 14.1. The third kappa shape index (κ3) is 8.41. The molecule has 1 amide bonds. The summed E-state index contributed by atoms with van der Waals surface area (Å²) in [4.78, 5) is 55.8. The molecule has 3 unspecified atom stereocenters. The number of nitrogens with zero attached hydrogens (tertiary/aromatic N) is 1. The highest BCUT2D eigenvalue weighted by Crippen LogP contribution is 2.52. The van der Waals surface area contributed by atoms with E-state index >= 15 is 0 Å². The van der Waals surface area contributed by atoms with Crippen LogP contribution in [0.3, 0.4) is 0 Å². The van der Waals surface area contributed by atoms with Gasteiger partial charge < -0.3 is 44.4 Å². The van der Waals surface area contributed by atoms with Gasteiger partial charge in [0.2, 0.25) is 0 Å². The molecule has 3 heterocycles. The van der Waals surface area contributed by atoms with Gasteiger partial charge in [0.1, 0.15) is 50.2 Å². The fourth-order valence-corrected chi connectivity index (χ4v) is 9.02. The molecule has 0 saturated heterocycles. The van der Waals surface area contributed by atoms with Crippen LogP contribution in [0.5, 0.6) is 5.75 Å². The minimum atomic E-state index is -2.21. The number of benzene rings is 1. The van der Waals surface area contributed by atoms with Crippen LogP contribution in [0.4, 0.5) is 4.79 Å². The van der Waals surface area contributed by atoms with Gasteiger partial charge in [-0.2, -0.15) is 0 Å². The highest BCUT2D eigenvalue weighted by Gasteiger charge is 2.55. The number of rotatable bonds is 12. The van der Waals surface area contributed by atoms with E-state index in [1.807, 2.05) is 38.7 Å². The number of fused-ring (bicyclic) bond motifs is 3. The Labute approximate surface area is 310 Å². The molecule has 3 N–H and O–H groups in total. The largest absolute Gasteiger partial charge is 0.508 e. The summed E-state index contributed by atoms with van der Waals surface area (Å²) < 4.78 is 18.6. The van der Waals surface area contributed by atoms with Crippen LogP contribution in [0, 0.1) is 5.92 Å². The lowest BCUT2D eigenvalue weighted by atomic mass is 9.70. The van der Waals surface area contributed by atoms with Crippen LogP contribution in [-0.2, 0) is 35.1 Å². The van der Waals surface area contributed by atoms with Crippen LogP contribution in [0.25, 0.3) is 6.08 Å². The first-order chi connectivity index (χ1) is 24.1. The smallest absolute Gasteiger partial charge is 0.407 e. The van der Waals surface area contributed by atoms with Gasteiger partial charge in [-0.15, -0.1) is 0 Å². The van der Waals surface area contributed by atoms with Crippen molar-refractivity contribution in [2.75, 3.05) is 13.2 Å². The molecular formula is C39H57N3O8Si2. The highest BCUT2D eigenvalue weighted by molar-refractivity contribution is 7.03. The van der Waals surface area contributed by atoms with Crippen LogP contribution >= 0.6 is 0 Å². The summed E-state index contributed by atoms with van der Waals surface area (Å²) in [6.07, 6.45) is 2.42. The van der Waals surface area contributed by atoms with Crippen molar-refractivity contribution >= 4 is 45.1 Å². The summed E-state index contributed by atoms with van der Waals surface area (Å²) >= 11 is 0. The molecule has 5 rings (SSSR count). The van der Waals surface area contributed by atoms with Crippen LogP contribution in [0.15, 0.2) is 46.6 Å². The number of esters is 1. The van der Waals surface area contributed by atoms with Gasteiger partial charge in [0.15, 0.2) is 5.60 Å². The quantitative estimate of drug-likeness (QED) is 0.0913. The van der Waals surface area contributed by atoms with Crippen molar-refractivity contribution in [2.24, 2.45) is 5.92 Å². The zero-order chi connectivity index (χ0) is 38.4. The van der Waals surface area contributed by atoms with Crippen molar-refractivity contribution in [3.63, 3.8) is 0 Å². The highest BCUT2D eigenvalue weighted by atomic mass is 28.3. The second-order valence-electron chi connectivity index (χ2n) is 17.5. The number of phenols is 1. The van der Waals surface area contributed by atoms with Gasteiger partial charge in [-0.1, -0.05) is 52.3 Å². The summed E-state index contributed by atoms with van der Waals surface area (Å²) in [6.45, 7) is 20.6. The number of nitrogens with one attached hydrogen (secondary N) is 2. The molecular weight excluding hydrogens is 695 g/mol. The van der Waals surface area contributed by atoms with Gasteiger partial charge in [0, 0.05) is 56.1 Å². The first kappa shape index (κ1) is 39.5. The standard InChI is InChI=1S/C39H57N3O8Si2/c1-11-39(49-33(44)13-12-16-40-37(47)50-38(2,3)4)29-20-30-36(42-22-24-14-15-26(43)17-25(24)18-32(42)41-30)27(19-34(45)51(5,6)7)28(29)23-48-31(39)21-35(46)52(8,9)10/h14-15,17-18,27,31,41,43H,11-13,16,19-23H2,1-10H3,(H,40,47). The van der Waals surface area contributed by atoms with E-state index < -0.39 is 45.5 Å². The lowest BCUT2D eigenvalue weighted by molar-refractivity contribution is -0.178. The fourth-order valence-electron chi connectivity index (χ4n) is 7.41. The van der Waals surface area contributed by atoms with Crippen molar-refractivity contribution in [3.8, 4) is 5.75 Å². The maximum atomic E-state index is 13.9. The molecule has 13 heteroatoms. The summed E-state index contributed by atoms with van der Waals surface area (Å²) in [6, 6.07) is 5.38. The maximum absolute atomic E-state index is 13.9. The Balaban J connectivity index is 1.51. The minimum absolute atomic E-state index is 0.0460. The molecule has 52 heavy (non-hydrogen) atoms. The number of ether oxygens (including phenoxy) is 3. The predicted octanol–water partition coefficient (Wildman–Crippen LogP) is 6.71. The lowest BCUT2D eigenvalue weighted by Gasteiger charge is -2.49. The number of aromatic hydroxyl groups is 1. The predicted molar refractivity (Wildman–Crippen MR) is 205 cm³/mol. The van der Waals surface area contributed by atoms with Crippen molar-refractivity contribution in [1.82, 2.24) is 15.5 Å². The van der Waals surface area contributed by atoms with E-state index in [1.165, 1.54) is 0 Å². The van der Waals surface area contributed by atoms with Crippen molar-refractivity contribution in [2.45, 2.75) is 129 Å². The molecule has 11 nitrogen and oxygen atoms in total. The number of carbonyl (C=O) groups excluding carboxylic acids is 4. The number of alkyl carbamates (subject to hydrolysis) is 1. The monoisotopic (exact) mass is 751 g/mol. The van der Waals surface area contributed by atoms with Gasteiger partial charge >= 0.3 is 12.1 Å². The Kier molecular flexibility index (Phi) is 11.1. The first-order valence-corrected chi connectivity index (χ1v) is 25.5. The molecule has 1 aromatic rings. The second-order valence-corrected chi connectivity index (χ2v) is 27.6. The number of phenolic OH excluding ortho intramolecular Hbond substituents is 1. The molecule has 0 spiro atoms. The van der Waals surface area contributed by atoms with E-state index in [0.29, 0.717) is 32.2 Å². The average molecular weight is 752 g/mol. The van der Waals surface area contributed by atoms with E-state index in [9.17, 15) is 24.3 Å². The number of amides is 1. The number of hydrogen-bond donors (Lipinski definition) is 3. The van der Waals surface area contributed by atoms with Gasteiger partial charge in [0.25, 0.3) is 0 Å². The van der Waals surface area contributed by atoms with Crippen LogP contribution in [0.2, 0.25) is 39.3 Å². The first-order valence-electron chi connectivity index (χ1n) is 18.5. The summed E-state index contributed by atoms with van der Waals surface area (Å²) in [5.41, 5.74) is 3.96. The normalized spacial score (nSPS) is 22.7. The second kappa shape index (κ2) is 14.6. The van der Waals surface area contributed by atoms with E-state index in [2.05, 4.69) is 35.2 Å². The Bertz CT molecular complexity index is 1730. The van der Waals surface area contributed by atoms with Gasteiger partial charge in [-0.05, 0) is 74.1 Å². The van der Waals surface area contributed by atoms with Crippen molar-refractivity contribution < 1.29 is 38.5 Å². The zero-order valence-corrected chi connectivity index (χ0v) is 34.6. The van der Waals surface area contributed by atoms with Gasteiger partial charge in [-0.3, -0.25) is 4.79 Å².